The molecule has 0 bridgehead atoms. The Morgan fingerprint density at radius 3 is 2.27 bits per heavy atom. The van der Waals surface area contributed by atoms with Crippen LogP contribution in [0.15, 0.2) is 78.4 Å². The number of nitrogens with one attached hydrogen (secondary N) is 1. The zero-order chi connectivity index (χ0) is 39.9. The minimum atomic E-state index is -1.55. The average molecular weight is 786 g/mol. The van der Waals surface area contributed by atoms with E-state index in [4.69, 9.17) is 26.2 Å². The molecule has 3 aromatic rings. The Morgan fingerprint density at radius 2 is 1.62 bits per heavy atom. The van der Waals surface area contributed by atoms with E-state index in [9.17, 15) is 28.7 Å². The first-order valence-corrected chi connectivity index (χ1v) is 18.8. The number of carboxylic acid groups (broad SMARTS) is 1. The number of hydrogen-bond donors (Lipinski definition) is 3. The minimum Gasteiger partial charge on any atom is -0.502 e. The summed E-state index contributed by atoms with van der Waals surface area (Å²) in [5.41, 5.74) is 3.48. The zero-order valence-electron chi connectivity index (χ0n) is 30.7. The number of allylic oxidation sites excluding steroid dienone is 3. The highest BCUT2D eigenvalue weighted by Crippen LogP contribution is 2.61. The van der Waals surface area contributed by atoms with Gasteiger partial charge in [-0.05, 0) is 91.3 Å². The topological polar surface area (TPSA) is 163 Å². The van der Waals surface area contributed by atoms with Crippen LogP contribution in [0.2, 0.25) is 5.02 Å². The summed E-state index contributed by atoms with van der Waals surface area (Å²) in [5, 5.41) is 21.0. The Labute approximate surface area is 327 Å². The number of halogens is 2. The summed E-state index contributed by atoms with van der Waals surface area (Å²) in [6, 6.07) is 15.2. The molecule has 2 heterocycles. The van der Waals surface area contributed by atoms with Gasteiger partial charge in [0.1, 0.15) is 5.82 Å². The van der Waals surface area contributed by atoms with Gasteiger partial charge in [0.05, 0.1) is 43.1 Å². The van der Waals surface area contributed by atoms with E-state index in [0.29, 0.717) is 41.1 Å². The van der Waals surface area contributed by atoms with E-state index >= 15 is 4.79 Å². The molecule has 6 atom stereocenters. The normalized spacial score (nSPS) is 25.6. The second-order valence-corrected chi connectivity index (χ2v) is 15.0. The maximum Gasteiger partial charge on any atom is 0.303 e. The number of unbranched alkanes of at least 4 members (excludes halogenated alkanes) is 2. The van der Waals surface area contributed by atoms with Gasteiger partial charge in [-0.2, -0.15) is 5.01 Å². The predicted molar refractivity (Wildman–Crippen MR) is 203 cm³/mol. The van der Waals surface area contributed by atoms with Gasteiger partial charge in [-0.1, -0.05) is 54.0 Å². The molecule has 6 unspecified atom stereocenters. The number of carboxylic acids is 1. The molecule has 0 spiro atoms. The molecule has 4 aliphatic rings. The van der Waals surface area contributed by atoms with Crippen LogP contribution in [0.4, 0.5) is 10.1 Å². The Kier molecular flexibility index (Phi) is 10.6. The number of amides is 4. The van der Waals surface area contributed by atoms with E-state index < -0.39 is 58.6 Å². The monoisotopic (exact) mass is 785 g/mol. The molecule has 2 saturated heterocycles. The van der Waals surface area contributed by atoms with Crippen LogP contribution in [0, 0.1) is 35.4 Å². The van der Waals surface area contributed by atoms with E-state index in [1.807, 2.05) is 12.2 Å². The smallest absolute Gasteiger partial charge is 0.303 e. The number of ether oxygens (including phenoxy) is 2. The Morgan fingerprint density at radius 1 is 0.946 bits per heavy atom. The van der Waals surface area contributed by atoms with Crippen molar-refractivity contribution in [3.05, 3.63) is 100 Å². The zero-order valence-corrected chi connectivity index (χ0v) is 31.5. The van der Waals surface area contributed by atoms with Gasteiger partial charge in [-0.25, -0.2) is 4.39 Å². The van der Waals surface area contributed by atoms with Crippen LogP contribution in [0.1, 0.15) is 49.7 Å². The first-order chi connectivity index (χ1) is 26.9. The van der Waals surface area contributed by atoms with Crippen molar-refractivity contribution in [2.45, 2.75) is 43.9 Å². The third-order valence-electron chi connectivity index (χ3n) is 11.7. The summed E-state index contributed by atoms with van der Waals surface area (Å²) >= 11 is 6.36. The van der Waals surface area contributed by atoms with Crippen molar-refractivity contribution in [2.24, 2.45) is 29.6 Å². The van der Waals surface area contributed by atoms with Gasteiger partial charge < -0.3 is 19.7 Å². The molecule has 292 valence electrons. The van der Waals surface area contributed by atoms with Crippen LogP contribution in [-0.4, -0.2) is 70.5 Å². The lowest BCUT2D eigenvalue weighted by atomic mass is 9.50. The third-order valence-corrected chi connectivity index (χ3v) is 11.9. The number of rotatable bonds is 13. The van der Waals surface area contributed by atoms with Crippen LogP contribution in [0.5, 0.6) is 17.2 Å². The van der Waals surface area contributed by atoms with Crippen molar-refractivity contribution in [1.82, 2.24) is 9.91 Å². The largest absolute Gasteiger partial charge is 0.502 e. The van der Waals surface area contributed by atoms with Gasteiger partial charge >= 0.3 is 5.97 Å². The lowest BCUT2D eigenvalue weighted by molar-refractivity contribution is -0.141. The van der Waals surface area contributed by atoms with E-state index in [-0.39, 0.29) is 54.9 Å². The van der Waals surface area contributed by atoms with Crippen molar-refractivity contribution < 1.29 is 48.0 Å². The molecule has 1 saturated carbocycles. The number of methoxy groups -OCH3 is 2. The highest BCUT2D eigenvalue weighted by Gasteiger charge is 2.69. The number of phenolic OH excluding ortho intramolecular Hbond substituents is 1. The number of benzene rings is 3. The second kappa shape index (κ2) is 15.4. The fourth-order valence-electron chi connectivity index (χ4n) is 9.13. The molecular formula is C42H41ClFN3O9. The van der Waals surface area contributed by atoms with Crippen molar-refractivity contribution in [3.63, 3.8) is 0 Å². The molecule has 3 N–H and O–H groups in total. The van der Waals surface area contributed by atoms with Crippen LogP contribution >= 0.6 is 11.6 Å². The Hall–Kier alpha value is -5.69. The van der Waals surface area contributed by atoms with Gasteiger partial charge in [0.15, 0.2) is 11.5 Å². The standard InChI is InChI=1S/C42H41ClFN3O9/c1-55-33-20-23(21-34(56-2)37(33)50)7-18-31-28-16-17-29-36(40(53)46(38(29)51)19-5-3-4-6-35(48)49)30(28)22-32-39(52)47(45-27-14-12-26(44)13-15-27)41(54)42(31,32)24-8-10-25(43)11-9-24/h7-16,18,20-21,29-32,36,45,50H,3-6,17,19,22H2,1-2H3,(H,48,49). The van der Waals surface area contributed by atoms with Crippen LogP contribution in [0.25, 0.3) is 6.08 Å². The first kappa shape index (κ1) is 38.6. The molecule has 14 heteroatoms. The van der Waals surface area contributed by atoms with Crippen molar-refractivity contribution in [1.29, 1.82) is 0 Å². The van der Waals surface area contributed by atoms with Gasteiger partial charge in [0, 0.05) is 23.9 Å². The summed E-state index contributed by atoms with van der Waals surface area (Å²) in [7, 11) is 2.81. The lowest BCUT2D eigenvalue weighted by Crippen LogP contribution is -2.54. The highest BCUT2D eigenvalue weighted by molar-refractivity contribution is 6.30. The van der Waals surface area contributed by atoms with E-state index in [2.05, 4.69) is 5.43 Å². The molecule has 4 amide bonds. The van der Waals surface area contributed by atoms with Gasteiger partial charge in [-0.3, -0.25) is 34.3 Å². The Balaban J connectivity index is 1.35. The number of imide groups is 2. The number of aromatic hydroxyl groups is 1. The molecule has 3 aromatic carbocycles. The van der Waals surface area contributed by atoms with Crippen molar-refractivity contribution >= 4 is 53.0 Å². The van der Waals surface area contributed by atoms with Crippen LogP contribution < -0.4 is 14.9 Å². The molecule has 0 aromatic heterocycles. The maximum atomic E-state index is 15.2. The van der Waals surface area contributed by atoms with Crippen molar-refractivity contribution in [2.75, 3.05) is 26.2 Å². The molecule has 7 rings (SSSR count). The molecule has 2 aliphatic carbocycles. The number of likely N-dealkylation sites (tertiary alicyclic amines) is 1. The average Bonchev–Trinajstić information content (AvgIpc) is 3.55. The number of phenols is 1. The van der Waals surface area contributed by atoms with Crippen LogP contribution in [0.3, 0.4) is 0 Å². The minimum absolute atomic E-state index is 0.00233. The molecule has 12 nitrogen and oxygen atoms in total. The molecule has 3 fully saturated rings. The Bertz CT molecular complexity index is 2110. The fraction of sp³-hybridized carbons (Fsp3) is 0.357. The van der Waals surface area contributed by atoms with E-state index in [1.54, 1.807) is 42.5 Å². The number of aliphatic carboxylic acids is 1. The first-order valence-electron chi connectivity index (χ1n) is 18.5. The molecular weight excluding hydrogens is 745 g/mol. The maximum absolute atomic E-state index is 15.2. The molecule has 2 aliphatic heterocycles. The molecule has 0 radical (unpaired) electrons. The van der Waals surface area contributed by atoms with Gasteiger partial charge in [0.2, 0.25) is 17.6 Å². The fourth-order valence-corrected chi connectivity index (χ4v) is 9.25. The van der Waals surface area contributed by atoms with Gasteiger partial charge in [0.25, 0.3) is 11.8 Å². The number of hydrazine groups is 1. The number of anilines is 1. The third kappa shape index (κ3) is 6.57. The van der Waals surface area contributed by atoms with E-state index in [0.717, 1.165) is 10.6 Å². The predicted octanol–water partition coefficient (Wildman–Crippen LogP) is 6.38. The SMILES string of the molecule is COc1cc(C=CC2C3=CCC4C(=O)N(CCCCCC(=O)O)C(=O)C4C3CC3C(=O)N(Nc4ccc(F)cc4)C(=O)C23c2ccc(Cl)cc2)cc(OC)c1O. The number of nitrogens with zero attached hydrogens (tertiary/aromatic N) is 2. The van der Waals surface area contributed by atoms with E-state index in [1.165, 1.54) is 43.4 Å². The number of carbonyl (C=O) groups excluding carboxylic acids is 4. The van der Waals surface area contributed by atoms with Crippen LogP contribution in [-0.2, 0) is 29.4 Å². The van der Waals surface area contributed by atoms with Gasteiger partial charge in [-0.15, -0.1) is 0 Å². The number of fused-ring (bicyclic) bond motifs is 4. The second-order valence-electron chi connectivity index (χ2n) is 14.6. The number of hydrogen-bond acceptors (Lipinski definition) is 9. The highest BCUT2D eigenvalue weighted by atomic mass is 35.5. The quantitative estimate of drug-likeness (QED) is 0.101. The summed E-state index contributed by atoms with van der Waals surface area (Å²) in [6.45, 7) is 0.158. The number of carbonyl (C=O) groups is 5. The summed E-state index contributed by atoms with van der Waals surface area (Å²) in [5.74, 6) is -6.93. The summed E-state index contributed by atoms with van der Waals surface area (Å²) in [6.07, 6.45) is 7.23. The summed E-state index contributed by atoms with van der Waals surface area (Å²) < 4.78 is 24.7. The summed E-state index contributed by atoms with van der Waals surface area (Å²) in [4.78, 5) is 70.4. The lowest BCUT2D eigenvalue weighted by Gasteiger charge is -2.49. The van der Waals surface area contributed by atoms with Crippen molar-refractivity contribution in [3.8, 4) is 17.2 Å². The molecule has 56 heavy (non-hydrogen) atoms.